The minimum absolute atomic E-state index is 0.0925. The molecule has 0 aliphatic heterocycles. The van der Waals surface area contributed by atoms with Crippen LogP contribution in [-0.2, 0) is 0 Å². The molecule has 0 saturated carbocycles. The molecule has 23 heavy (non-hydrogen) atoms. The Hall–Kier alpha value is -2.18. The fourth-order valence-electron chi connectivity index (χ4n) is 1.92. The maximum Gasteiger partial charge on any atom is 0.319 e. The summed E-state index contributed by atoms with van der Waals surface area (Å²) in [5.74, 6) is -1.61. The smallest absolute Gasteiger partial charge is 0.319 e. The highest BCUT2D eigenvalue weighted by molar-refractivity contribution is 6.31. The molecular weight excluding hydrogens is 326 g/mol. The van der Waals surface area contributed by atoms with E-state index < -0.39 is 23.8 Å². The summed E-state index contributed by atoms with van der Waals surface area (Å²) < 4.78 is 26.3. The molecular formula is C16H15ClF2N2O2. The van der Waals surface area contributed by atoms with Crippen LogP contribution in [0.15, 0.2) is 36.4 Å². The summed E-state index contributed by atoms with van der Waals surface area (Å²) >= 11 is 5.95. The summed E-state index contributed by atoms with van der Waals surface area (Å²) in [6, 6.07) is 7.29. The number of anilines is 1. The average Bonchev–Trinajstić information content (AvgIpc) is 2.48. The summed E-state index contributed by atoms with van der Waals surface area (Å²) in [6.45, 7) is 1.60. The van der Waals surface area contributed by atoms with E-state index in [4.69, 9.17) is 11.6 Å². The Balaban J connectivity index is 1.91. The molecule has 3 N–H and O–H groups in total. The molecule has 0 radical (unpaired) electrons. The molecule has 0 saturated heterocycles. The molecule has 0 aliphatic rings. The van der Waals surface area contributed by atoms with Crippen molar-refractivity contribution < 1.29 is 18.7 Å². The third kappa shape index (κ3) is 4.64. The van der Waals surface area contributed by atoms with Gasteiger partial charge in [0, 0.05) is 28.9 Å². The topological polar surface area (TPSA) is 61.4 Å². The van der Waals surface area contributed by atoms with E-state index in [0.29, 0.717) is 16.8 Å². The predicted molar refractivity (Wildman–Crippen MR) is 84.5 cm³/mol. The number of nitrogens with one attached hydrogen (secondary N) is 2. The second-order valence-corrected chi connectivity index (χ2v) is 5.39. The first kappa shape index (κ1) is 17.2. The summed E-state index contributed by atoms with van der Waals surface area (Å²) in [5.41, 5.74) is 1.27. The van der Waals surface area contributed by atoms with E-state index in [2.05, 4.69) is 10.6 Å². The molecule has 2 aromatic rings. The molecule has 0 spiro atoms. The molecule has 2 amide bonds. The molecule has 1 atom stereocenters. The van der Waals surface area contributed by atoms with Gasteiger partial charge in [-0.3, -0.25) is 0 Å². The van der Waals surface area contributed by atoms with Crippen molar-refractivity contribution in [2.45, 2.75) is 13.0 Å². The minimum Gasteiger partial charge on any atom is -0.386 e. The van der Waals surface area contributed by atoms with Crippen LogP contribution in [0.3, 0.4) is 0 Å². The Morgan fingerprint density at radius 1 is 1.26 bits per heavy atom. The second-order valence-electron chi connectivity index (χ2n) is 4.98. The lowest BCUT2D eigenvalue weighted by Crippen LogP contribution is -2.32. The average molecular weight is 341 g/mol. The van der Waals surface area contributed by atoms with Crippen LogP contribution in [0.4, 0.5) is 19.3 Å². The van der Waals surface area contributed by atoms with E-state index in [1.54, 1.807) is 18.2 Å². The van der Waals surface area contributed by atoms with Crippen LogP contribution in [0.25, 0.3) is 0 Å². The molecule has 0 heterocycles. The van der Waals surface area contributed by atoms with Gasteiger partial charge in [0.1, 0.15) is 11.6 Å². The number of aliphatic hydroxyl groups is 1. The number of hydrogen-bond acceptors (Lipinski definition) is 2. The third-order valence-electron chi connectivity index (χ3n) is 3.21. The van der Waals surface area contributed by atoms with E-state index >= 15 is 0 Å². The van der Waals surface area contributed by atoms with Gasteiger partial charge < -0.3 is 15.7 Å². The zero-order valence-corrected chi connectivity index (χ0v) is 13.0. The van der Waals surface area contributed by atoms with Gasteiger partial charge >= 0.3 is 6.03 Å². The van der Waals surface area contributed by atoms with Gasteiger partial charge in [-0.2, -0.15) is 0 Å². The van der Waals surface area contributed by atoms with Crippen LogP contribution >= 0.6 is 11.6 Å². The Kier molecular flexibility index (Phi) is 5.52. The van der Waals surface area contributed by atoms with Crippen LogP contribution in [0.1, 0.15) is 17.2 Å². The zero-order valence-electron chi connectivity index (χ0n) is 12.2. The number of hydrogen-bond donors (Lipinski definition) is 3. The minimum atomic E-state index is -1.29. The van der Waals surface area contributed by atoms with E-state index in [1.807, 2.05) is 6.92 Å². The van der Waals surface area contributed by atoms with Crippen molar-refractivity contribution in [2.24, 2.45) is 0 Å². The highest BCUT2D eigenvalue weighted by Crippen LogP contribution is 2.20. The monoisotopic (exact) mass is 340 g/mol. The van der Waals surface area contributed by atoms with E-state index in [1.165, 1.54) is 0 Å². The number of aryl methyl sites for hydroxylation is 1. The summed E-state index contributed by atoms with van der Waals surface area (Å²) in [5, 5.41) is 15.3. The number of halogens is 3. The number of carbonyl (C=O) groups is 1. The normalized spacial score (nSPS) is 11.9. The third-order valence-corrected chi connectivity index (χ3v) is 3.61. The molecule has 7 heteroatoms. The molecule has 122 valence electrons. The van der Waals surface area contributed by atoms with Crippen molar-refractivity contribution in [3.05, 3.63) is 64.2 Å². The van der Waals surface area contributed by atoms with Gasteiger partial charge in [0.05, 0.1) is 6.10 Å². The molecule has 2 aromatic carbocycles. The predicted octanol–water partition coefficient (Wildman–Crippen LogP) is 3.78. The molecule has 0 unspecified atom stereocenters. The molecule has 0 aromatic heterocycles. The highest BCUT2D eigenvalue weighted by Gasteiger charge is 2.14. The number of benzene rings is 2. The lowest BCUT2D eigenvalue weighted by molar-refractivity contribution is 0.170. The lowest BCUT2D eigenvalue weighted by Gasteiger charge is -2.14. The zero-order chi connectivity index (χ0) is 17.0. The molecule has 2 rings (SSSR count). The van der Waals surface area contributed by atoms with Gasteiger partial charge in [-0.15, -0.1) is 0 Å². The fourth-order valence-corrected chi connectivity index (χ4v) is 2.10. The van der Waals surface area contributed by atoms with Gasteiger partial charge in [0.2, 0.25) is 0 Å². The first-order chi connectivity index (χ1) is 10.9. The lowest BCUT2D eigenvalue weighted by atomic mass is 10.1. The molecule has 4 nitrogen and oxygen atoms in total. The van der Waals surface area contributed by atoms with Crippen LogP contribution in [0.2, 0.25) is 5.02 Å². The first-order valence-corrected chi connectivity index (χ1v) is 7.18. The van der Waals surface area contributed by atoms with Crippen molar-refractivity contribution >= 4 is 23.3 Å². The maximum atomic E-state index is 13.5. The van der Waals surface area contributed by atoms with Gasteiger partial charge in [-0.05, 0) is 30.7 Å². The van der Waals surface area contributed by atoms with E-state index in [9.17, 15) is 18.7 Å². The van der Waals surface area contributed by atoms with Crippen LogP contribution < -0.4 is 10.6 Å². The first-order valence-electron chi connectivity index (χ1n) is 6.81. The van der Waals surface area contributed by atoms with Crippen molar-refractivity contribution in [1.29, 1.82) is 0 Å². The summed E-state index contributed by atoms with van der Waals surface area (Å²) in [6.07, 6.45) is -1.29. The number of amides is 2. The number of urea groups is 1. The van der Waals surface area contributed by atoms with Crippen molar-refractivity contribution in [1.82, 2.24) is 5.32 Å². The Bertz CT molecular complexity index is 725. The molecule has 0 bridgehead atoms. The van der Waals surface area contributed by atoms with E-state index in [0.717, 1.165) is 17.7 Å². The van der Waals surface area contributed by atoms with Gasteiger partial charge in [-0.25, -0.2) is 13.6 Å². The quantitative estimate of drug-likeness (QED) is 0.793. The number of rotatable bonds is 4. The van der Waals surface area contributed by atoms with Crippen LogP contribution in [0, 0.1) is 18.6 Å². The van der Waals surface area contributed by atoms with Gasteiger partial charge in [0.15, 0.2) is 0 Å². The molecule has 0 fully saturated rings. The number of aliphatic hydroxyl groups excluding tert-OH is 1. The Labute approximate surface area is 137 Å². The highest BCUT2D eigenvalue weighted by atomic mass is 35.5. The largest absolute Gasteiger partial charge is 0.386 e. The Morgan fingerprint density at radius 2 is 2.00 bits per heavy atom. The summed E-state index contributed by atoms with van der Waals surface area (Å²) in [4.78, 5) is 11.8. The molecule has 0 aliphatic carbocycles. The van der Waals surface area contributed by atoms with Gasteiger partial charge in [0.25, 0.3) is 0 Å². The van der Waals surface area contributed by atoms with Crippen molar-refractivity contribution in [3.8, 4) is 0 Å². The summed E-state index contributed by atoms with van der Waals surface area (Å²) in [7, 11) is 0. The van der Waals surface area contributed by atoms with Crippen molar-refractivity contribution in [2.75, 3.05) is 11.9 Å². The van der Waals surface area contributed by atoms with Crippen molar-refractivity contribution in [3.63, 3.8) is 0 Å². The van der Waals surface area contributed by atoms with Gasteiger partial charge in [-0.1, -0.05) is 23.7 Å². The van der Waals surface area contributed by atoms with E-state index in [-0.39, 0.29) is 12.1 Å². The fraction of sp³-hybridized carbons (Fsp3) is 0.188. The maximum absolute atomic E-state index is 13.5. The second kappa shape index (κ2) is 7.39. The van der Waals surface area contributed by atoms with Crippen LogP contribution in [-0.4, -0.2) is 17.7 Å². The SMILES string of the molecule is Cc1ccc(NC(=O)NC[C@H](O)c2ccc(F)cc2F)cc1Cl. The number of carbonyl (C=O) groups excluding carboxylic acids is 1. The Morgan fingerprint density at radius 3 is 2.65 bits per heavy atom. The standard InChI is InChI=1S/C16H15ClF2N2O2/c1-9-2-4-11(7-13(9)17)21-16(23)20-8-15(22)12-5-3-10(18)6-14(12)19/h2-7,15,22H,8H2,1H3,(H2,20,21,23)/t15-/m0/s1. The van der Waals surface area contributed by atoms with Crippen LogP contribution in [0.5, 0.6) is 0 Å².